The Morgan fingerprint density at radius 3 is 1.37 bits per heavy atom. The van der Waals surface area contributed by atoms with Gasteiger partial charge in [0.25, 0.3) is 0 Å². The molecule has 8 rings (SSSR count). The van der Waals surface area contributed by atoms with Crippen molar-refractivity contribution < 1.29 is 69.7 Å². The minimum Gasteiger partial charge on any atom is -0.870 e. The van der Waals surface area contributed by atoms with Gasteiger partial charge in [-0.15, -0.1) is 0 Å². The van der Waals surface area contributed by atoms with Gasteiger partial charge in [-0.1, -0.05) is 15.9 Å². The maximum Gasteiger partial charge on any atom is 1.00 e. The number of nitrogens with zero attached hydrogens (tertiary/aromatic N) is 15. The number of H-pyrrole nitrogens is 1. The average Bonchev–Trinajstić information content (AvgIpc) is 4.16. The summed E-state index contributed by atoms with van der Waals surface area (Å²) in [4.78, 5) is 92.8. The summed E-state index contributed by atoms with van der Waals surface area (Å²) < 4.78 is 5.45. The molecule has 0 aliphatic heterocycles. The van der Waals surface area contributed by atoms with Crippen LogP contribution in [-0.2, 0) is 38.8 Å². The molecule has 0 atom stereocenters. The second-order valence-corrected chi connectivity index (χ2v) is 15.0. The molecular formula is C39H56BrN22NaO8. The van der Waals surface area contributed by atoms with E-state index in [0.29, 0.717) is 107 Å². The van der Waals surface area contributed by atoms with Crippen LogP contribution in [0.2, 0.25) is 0 Å². The molecule has 0 saturated heterocycles. The number of alkyl halides is 1. The normalized spacial score (nSPS) is 10.0. The number of anilines is 4. The number of ketones is 2. The Morgan fingerprint density at radius 1 is 0.577 bits per heavy atom. The minimum absolute atomic E-state index is 0. The van der Waals surface area contributed by atoms with Crippen LogP contribution >= 0.6 is 15.9 Å². The van der Waals surface area contributed by atoms with Crippen LogP contribution in [0.15, 0.2) is 50.6 Å². The van der Waals surface area contributed by atoms with Crippen molar-refractivity contribution in [3.05, 3.63) is 50.6 Å². The summed E-state index contributed by atoms with van der Waals surface area (Å²) in [6.07, 6.45) is 17.7. The molecule has 0 bridgehead atoms. The number of nitrogen functional groups attached to an aromatic ring is 4. The van der Waals surface area contributed by atoms with Gasteiger partial charge in [0.05, 0.1) is 25.3 Å². The Kier molecular flexibility index (Phi) is 29.3. The van der Waals surface area contributed by atoms with Crippen LogP contribution < -0.4 is 63.9 Å². The van der Waals surface area contributed by atoms with E-state index in [1.54, 1.807) is 47.4 Å². The monoisotopic (exact) mass is 1060 g/mol. The third-order valence-electron chi connectivity index (χ3n) is 9.10. The number of halogens is 1. The van der Waals surface area contributed by atoms with Gasteiger partial charge in [0.1, 0.15) is 58.9 Å². The van der Waals surface area contributed by atoms with Crippen molar-refractivity contribution in [1.29, 1.82) is 0 Å². The van der Waals surface area contributed by atoms with E-state index in [0.717, 1.165) is 36.7 Å². The smallest absolute Gasteiger partial charge is 0.870 e. The van der Waals surface area contributed by atoms with Crippen LogP contribution in [0.4, 0.5) is 23.3 Å². The van der Waals surface area contributed by atoms with Gasteiger partial charge in [0, 0.05) is 50.6 Å². The maximum atomic E-state index is 10.8. The summed E-state index contributed by atoms with van der Waals surface area (Å²) in [5.41, 5.74) is 29.0. The molecule has 0 aliphatic carbocycles. The van der Waals surface area contributed by atoms with Crippen molar-refractivity contribution in [2.75, 3.05) is 28.3 Å². The number of Topliss-reactive ketones (excluding diaryl/α,β-unsaturated/α-hetero) is 2. The van der Waals surface area contributed by atoms with Crippen LogP contribution in [0, 0.1) is 0 Å². The van der Waals surface area contributed by atoms with E-state index in [9.17, 15) is 19.2 Å². The van der Waals surface area contributed by atoms with Crippen LogP contribution in [0.1, 0.15) is 71.6 Å². The summed E-state index contributed by atoms with van der Waals surface area (Å²) in [5, 5.41) is 24.4. The zero-order valence-corrected chi connectivity index (χ0v) is 42.8. The first-order chi connectivity index (χ1) is 33.2. The first kappa shape index (κ1) is 62.0. The number of hydrogen-bond donors (Lipinski definition) is 10. The summed E-state index contributed by atoms with van der Waals surface area (Å²) in [5.74, 6) is 4.26. The van der Waals surface area contributed by atoms with E-state index in [1.165, 1.54) is 31.6 Å². The molecule has 30 nitrogen and oxygen atoms in total. The number of nitrogens with one attached hydrogen (secondary N) is 2. The largest absolute Gasteiger partial charge is 1.00 e. The third-order valence-corrected chi connectivity index (χ3v) is 9.66. The fraction of sp³-hybridized carbons (Fsp3) is 0.385. The number of fused-ring (bicyclic) bond motifs is 4. The summed E-state index contributed by atoms with van der Waals surface area (Å²) >= 11 is 3.29. The number of hydrogen-bond acceptors (Lipinski definition) is 24. The molecule has 0 radical (unpaired) electrons. The van der Waals surface area contributed by atoms with Crippen molar-refractivity contribution in [1.82, 2.24) is 84.0 Å². The van der Waals surface area contributed by atoms with Gasteiger partial charge >= 0.3 is 35.5 Å². The third kappa shape index (κ3) is 20.5. The molecule has 8 aromatic heterocycles. The molecule has 8 aromatic rings. The molecule has 71 heavy (non-hydrogen) atoms. The van der Waals surface area contributed by atoms with E-state index >= 15 is 0 Å². The van der Waals surface area contributed by atoms with Crippen molar-refractivity contribution in [3.63, 3.8) is 0 Å². The number of unbranched alkanes of at least 4 members (excludes halogenated alkanes) is 1. The SMILES string of the molecule is CC(=O)CCCCBr.CC(=O)CCCn1cnc2c(N)ncnc21.NO.Nc1ncnc2c1ncn2CCCC(=O)NO.Nc1ncnc2c1ncn2CCCC(=O)O.Nc1ncnc2nc[nH]c12.[Na+].[OH-]. The number of imidazole rings is 4. The second-order valence-electron chi connectivity index (χ2n) is 14.3. The van der Waals surface area contributed by atoms with Crippen molar-refractivity contribution >= 4 is 107 Å². The number of amides is 1. The van der Waals surface area contributed by atoms with E-state index in [-0.39, 0.29) is 53.7 Å². The number of aliphatic carboxylic acids is 1. The Balaban J connectivity index is 0.000000446. The van der Waals surface area contributed by atoms with Gasteiger partial charge in [-0.2, -0.15) is 0 Å². The molecule has 0 unspecified atom stereocenters. The van der Waals surface area contributed by atoms with E-state index < -0.39 is 11.9 Å². The number of carboxylic acid groups (broad SMARTS) is 1. The fourth-order valence-electron chi connectivity index (χ4n) is 5.80. The van der Waals surface area contributed by atoms with Crippen molar-refractivity contribution in [2.24, 2.45) is 5.90 Å². The predicted octanol–water partition coefficient (Wildman–Crippen LogP) is -1.02. The van der Waals surface area contributed by atoms with Crippen LogP contribution in [0.5, 0.6) is 0 Å². The number of nitrogens with two attached hydrogens (primary N) is 5. The van der Waals surface area contributed by atoms with E-state index in [1.807, 2.05) is 4.57 Å². The molecule has 0 fully saturated rings. The van der Waals surface area contributed by atoms with Gasteiger partial charge in [-0.05, 0) is 46.0 Å². The Morgan fingerprint density at radius 2 is 0.972 bits per heavy atom. The number of aromatic amines is 1. The summed E-state index contributed by atoms with van der Waals surface area (Å²) in [7, 11) is 0. The van der Waals surface area contributed by atoms with Gasteiger partial charge in [0.15, 0.2) is 45.9 Å². The predicted molar refractivity (Wildman–Crippen MR) is 257 cm³/mol. The summed E-state index contributed by atoms with van der Waals surface area (Å²) in [6.45, 7) is 5.06. The molecule has 0 spiro atoms. The van der Waals surface area contributed by atoms with Crippen molar-refractivity contribution in [2.45, 2.75) is 91.3 Å². The molecule has 1 amide bonds. The first-order valence-electron chi connectivity index (χ1n) is 20.8. The standard InChI is InChI=1S/C10H13N5O.C9H12N6O2.C9H11N5O2.C6H11BrO.C5H5N5.H3NO.Na.H2O/c1-7(16)3-2-4-15-6-14-8-9(11)12-5-13-10(8)15;10-8-7-9(12-4-11-8)15(5-13-7)3-1-2-6(16)14-17;10-8-7-9(12-4-11-8)14(5-13-7)3-1-2-6(15)16;1-6(8)4-2-3-5-7;6-4-3-5(9-1-7-3)10-2-8-4;1-2;;/h5-6H,2-4H2,1H3,(H2,11,12,13);4-5,17H,1-3H2,(H,14,16)(H2,10,11,12);4-5H,1-3H2,(H,15,16)(H2,10,11,12);2-5H2,1H3;1-2H,(H3,6,7,8,9,10);2H,1H2;;1H2/q;;;;;;+1;/p-1. The zero-order chi connectivity index (χ0) is 50.7. The molecule has 16 N–H and O–H groups in total. The molecule has 8 heterocycles. The quantitative estimate of drug-likeness (QED) is 0.0182. The van der Waals surface area contributed by atoms with Crippen molar-refractivity contribution in [3.8, 4) is 0 Å². The number of carboxylic acids is 1. The minimum atomic E-state index is -0.807. The summed E-state index contributed by atoms with van der Waals surface area (Å²) in [6, 6.07) is 0. The number of aryl methyl sites for hydroxylation is 3. The second kappa shape index (κ2) is 33.5. The zero-order valence-electron chi connectivity index (χ0n) is 39.2. The van der Waals surface area contributed by atoms with E-state index in [2.05, 4.69) is 86.6 Å². The molecule has 0 saturated carbocycles. The average molecular weight is 1060 g/mol. The van der Waals surface area contributed by atoms with Crippen LogP contribution in [-0.4, -0.2) is 128 Å². The van der Waals surface area contributed by atoms with Crippen LogP contribution in [0.25, 0.3) is 44.7 Å². The topological polar surface area (TPSA) is 486 Å². The van der Waals surface area contributed by atoms with Crippen LogP contribution in [0.3, 0.4) is 0 Å². The number of rotatable bonds is 16. The Hall–Kier alpha value is -7.00. The fourth-order valence-corrected chi connectivity index (χ4v) is 6.20. The van der Waals surface area contributed by atoms with Gasteiger partial charge < -0.3 is 67.0 Å². The number of carbonyl (C=O) groups is 4. The Labute approximate surface area is 434 Å². The van der Waals surface area contributed by atoms with Gasteiger partial charge in [-0.25, -0.2) is 71.2 Å². The van der Waals surface area contributed by atoms with Gasteiger partial charge in [0.2, 0.25) is 5.91 Å². The number of carbonyl (C=O) groups excluding carboxylic acids is 3. The number of hydroxylamine groups is 1. The molecule has 0 aliphatic rings. The molecule has 0 aromatic carbocycles. The Bertz CT molecular complexity index is 2760. The molecular weight excluding hydrogens is 1010 g/mol. The molecule has 32 heteroatoms. The molecule has 378 valence electrons. The maximum absolute atomic E-state index is 10.8. The van der Waals surface area contributed by atoms with E-state index in [4.69, 9.17) is 38.5 Å². The first-order valence-corrected chi connectivity index (χ1v) is 21.9. The number of aromatic nitrogens is 16. The van der Waals surface area contributed by atoms with Gasteiger partial charge in [-0.3, -0.25) is 14.8 Å².